The molecule has 1 unspecified atom stereocenters. The molecule has 1 aromatic carbocycles. The highest BCUT2D eigenvalue weighted by molar-refractivity contribution is 5.98. The first kappa shape index (κ1) is 19.2. The molecule has 0 aliphatic carbocycles. The van der Waals surface area contributed by atoms with Crippen LogP contribution in [0.1, 0.15) is 23.2 Å². The van der Waals surface area contributed by atoms with Gasteiger partial charge in [0.1, 0.15) is 12.7 Å². The minimum Gasteiger partial charge on any atom is -0.370 e. The second-order valence-electron chi connectivity index (χ2n) is 5.50. The number of carbonyl (C=O) groups is 2. The van der Waals surface area contributed by atoms with Gasteiger partial charge in [-0.1, -0.05) is 6.07 Å². The van der Waals surface area contributed by atoms with Crippen LogP contribution >= 0.6 is 0 Å². The minimum atomic E-state index is -4.39. The molecule has 1 fully saturated rings. The molecule has 0 aromatic heterocycles. The second-order valence-corrected chi connectivity index (χ2v) is 5.50. The summed E-state index contributed by atoms with van der Waals surface area (Å²) in [5.74, 6) is -0.737. The van der Waals surface area contributed by atoms with E-state index in [-0.39, 0.29) is 24.6 Å². The van der Waals surface area contributed by atoms with E-state index in [1.165, 1.54) is 12.1 Å². The number of nitrogens with one attached hydrogen (secondary N) is 2. The first-order valence-corrected chi connectivity index (χ1v) is 7.80. The summed E-state index contributed by atoms with van der Waals surface area (Å²) in [6.07, 6.45) is -3.39. The van der Waals surface area contributed by atoms with Crippen molar-refractivity contribution in [2.24, 2.45) is 0 Å². The summed E-state index contributed by atoms with van der Waals surface area (Å²) in [6.45, 7) is -1.10. The van der Waals surface area contributed by atoms with Crippen molar-refractivity contribution in [3.05, 3.63) is 29.8 Å². The second kappa shape index (κ2) is 8.82. The SMILES string of the molecule is O=C(NCCOCC(F)(F)F)c1cccc(NC(=O)C2CCCO2)c1. The zero-order valence-electron chi connectivity index (χ0n) is 13.4. The molecule has 1 aliphatic rings. The topological polar surface area (TPSA) is 76.7 Å². The summed E-state index contributed by atoms with van der Waals surface area (Å²) in [5, 5.41) is 5.13. The van der Waals surface area contributed by atoms with E-state index in [2.05, 4.69) is 15.4 Å². The lowest BCUT2D eigenvalue weighted by Gasteiger charge is -2.12. The molecule has 25 heavy (non-hydrogen) atoms. The molecule has 9 heteroatoms. The average Bonchev–Trinajstić information content (AvgIpc) is 3.08. The minimum absolute atomic E-state index is 0.0542. The van der Waals surface area contributed by atoms with Gasteiger partial charge >= 0.3 is 6.18 Å². The Hall–Kier alpha value is -2.13. The molecule has 1 atom stereocenters. The van der Waals surface area contributed by atoms with Crippen LogP contribution in [0.2, 0.25) is 0 Å². The summed E-state index contributed by atoms with van der Waals surface area (Å²) in [4.78, 5) is 23.9. The normalized spacial score (nSPS) is 17.3. The number of hydrogen-bond acceptors (Lipinski definition) is 4. The van der Waals surface area contributed by atoms with Crippen LogP contribution in [-0.4, -0.2) is 50.5 Å². The first-order valence-electron chi connectivity index (χ1n) is 7.80. The Morgan fingerprint density at radius 2 is 2.12 bits per heavy atom. The predicted molar refractivity (Wildman–Crippen MR) is 83.3 cm³/mol. The van der Waals surface area contributed by atoms with Crippen LogP contribution in [0.3, 0.4) is 0 Å². The van der Waals surface area contributed by atoms with E-state index < -0.39 is 24.8 Å². The van der Waals surface area contributed by atoms with Crippen LogP contribution in [-0.2, 0) is 14.3 Å². The van der Waals surface area contributed by atoms with E-state index in [4.69, 9.17) is 4.74 Å². The molecule has 1 saturated heterocycles. The number of ether oxygens (including phenoxy) is 2. The third-order valence-corrected chi connectivity index (χ3v) is 3.41. The Morgan fingerprint density at radius 3 is 2.80 bits per heavy atom. The molecular weight excluding hydrogens is 341 g/mol. The highest BCUT2D eigenvalue weighted by Crippen LogP contribution is 2.16. The zero-order valence-corrected chi connectivity index (χ0v) is 13.4. The number of carbonyl (C=O) groups excluding carboxylic acids is 2. The summed E-state index contributed by atoms with van der Waals surface area (Å²) in [5.41, 5.74) is 0.724. The summed E-state index contributed by atoms with van der Waals surface area (Å²) in [6, 6.07) is 6.25. The lowest BCUT2D eigenvalue weighted by atomic mass is 10.1. The number of alkyl halides is 3. The van der Waals surface area contributed by atoms with Crippen molar-refractivity contribution in [2.45, 2.75) is 25.1 Å². The van der Waals surface area contributed by atoms with E-state index in [9.17, 15) is 22.8 Å². The van der Waals surface area contributed by atoms with Crippen molar-refractivity contribution in [1.82, 2.24) is 5.32 Å². The quantitative estimate of drug-likeness (QED) is 0.731. The van der Waals surface area contributed by atoms with E-state index in [1.54, 1.807) is 12.1 Å². The molecule has 0 radical (unpaired) electrons. The predicted octanol–water partition coefficient (Wildman–Crippen LogP) is 2.11. The highest BCUT2D eigenvalue weighted by Gasteiger charge is 2.27. The molecule has 1 aromatic rings. The number of hydrogen-bond donors (Lipinski definition) is 2. The van der Waals surface area contributed by atoms with Gasteiger partial charge in [-0.2, -0.15) is 13.2 Å². The molecule has 2 rings (SSSR count). The monoisotopic (exact) mass is 360 g/mol. The summed E-state index contributed by atoms with van der Waals surface area (Å²) >= 11 is 0. The van der Waals surface area contributed by atoms with Crippen LogP contribution in [0.5, 0.6) is 0 Å². The summed E-state index contributed by atoms with van der Waals surface area (Å²) < 4.78 is 45.4. The van der Waals surface area contributed by atoms with Crippen molar-refractivity contribution >= 4 is 17.5 Å². The molecule has 1 aliphatic heterocycles. The van der Waals surface area contributed by atoms with E-state index in [1.807, 2.05) is 0 Å². The molecule has 138 valence electrons. The Labute approximate surface area is 142 Å². The van der Waals surface area contributed by atoms with Crippen molar-refractivity contribution in [3.63, 3.8) is 0 Å². The molecule has 0 bridgehead atoms. The smallest absolute Gasteiger partial charge is 0.370 e. The maximum atomic E-state index is 12.0. The number of rotatable bonds is 7. The lowest BCUT2D eigenvalue weighted by Crippen LogP contribution is -2.29. The van der Waals surface area contributed by atoms with Gasteiger partial charge < -0.3 is 20.1 Å². The number of benzene rings is 1. The van der Waals surface area contributed by atoms with Gasteiger partial charge in [-0.25, -0.2) is 0 Å². The van der Waals surface area contributed by atoms with Crippen LogP contribution in [0.4, 0.5) is 18.9 Å². The molecule has 2 amide bonds. The molecular formula is C16H19F3N2O4. The van der Waals surface area contributed by atoms with Gasteiger partial charge in [0.15, 0.2) is 0 Å². The van der Waals surface area contributed by atoms with Crippen LogP contribution < -0.4 is 10.6 Å². The Kier molecular flexibility index (Phi) is 6.77. The number of halogens is 3. The van der Waals surface area contributed by atoms with Crippen molar-refractivity contribution in [2.75, 3.05) is 31.7 Å². The van der Waals surface area contributed by atoms with Gasteiger partial charge in [-0.3, -0.25) is 9.59 Å². The zero-order chi connectivity index (χ0) is 18.3. The van der Waals surface area contributed by atoms with Gasteiger partial charge in [0.05, 0.1) is 6.61 Å². The van der Waals surface area contributed by atoms with Crippen LogP contribution in [0, 0.1) is 0 Å². The first-order chi connectivity index (χ1) is 11.8. The maximum Gasteiger partial charge on any atom is 0.411 e. The average molecular weight is 360 g/mol. The van der Waals surface area contributed by atoms with Gasteiger partial charge in [0, 0.05) is 24.4 Å². The molecule has 6 nitrogen and oxygen atoms in total. The van der Waals surface area contributed by atoms with E-state index in [0.717, 1.165) is 6.42 Å². The van der Waals surface area contributed by atoms with Crippen molar-refractivity contribution < 1.29 is 32.2 Å². The van der Waals surface area contributed by atoms with E-state index >= 15 is 0 Å². The van der Waals surface area contributed by atoms with Gasteiger partial charge in [-0.05, 0) is 31.0 Å². The third kappa shape index (κ3) is 6.71. The third-order valence-electron chi connectivity index (χ3n) is 3.41. The lowest BCUT2D eigenvalue weighted by molar-refractivity contribution is -0.173. The number of anilines is 1. The molecule has 0 spiro atoms. The van der Waals surface area contributed by atoms with Gasteiger partial charge in [0.2, 0.25) is 0 Å². The fraction of sp³-hybridized carbons (Fsp3) is 0.500. The molecule has 2 N–H and O–H groups in total. The van der Waals surface area contributed by atoms with Gasteiger partial charge in [-0.15, -0.1) is 0 Å². The van der Waals surface area contributed by atoms with Crippen LogP contribution in [0.15, 0.2) is 24.3 Å². The van der Waals surface area contributed by atoms with Gasteiger partial charge in [0.25, 0.3) is 11.8 Å². The van der Waals surface area contributed by atoms with Crippen molar-refractivity contribution in [1.29, 1.82) is 0 Å². The van der Waals surface area contributed by atoms with Crippen molar-refractivity contribution in [3.8, 4) is 0 Å². The fourth-order valence-corrected chi connectivity index (χ4v) is 2.27. The molecule has 0 saturated carbocycles. The Balaban J connectivity index is 1.79. The largest absolute Gasteiger partial charge is 0.411 e. The fourth-order valence-electron chi connectivity index (χ4n) is 2.27. The number of amides is 2. The summed E-state index contributed by atoms with van der Waals surface area (Å²) in [7, 11) is 0. The molecule has 1 heterocycles. The Morgan fingerprint density at radius 1 is 1.32 bits per heavy atom. The highest BCUT2D eigenvalue weighted by atomic mass is 19.4. The van der Waals surface area contributed by atoms with Crippen LogP contribution in [0.25, 0.3) is 0 Å². The van der Waals surface area contributed by atoms with E-state index in [0.29, 0.717) is 18.7 Å². The Bertz CT molecular complexity index is 601. The standard InChI is InChI=1S/C16H19F3N2O4/c17-16(18,19)10-24-8-6-20-14(22)11-3-1-4-12(9-11)21-15(23)13-5-2-7-25-13/h1,3-4,9,13H,2,5-8,10H2,(H,20,22)(H,21,23). The maximum absolute atomic E-state index is 12.0.